The Morgan fingerprint density at radius 3 is 2.55 bits per heavy atom. The van der Waals surface area contributed by atoms with Gasteiger partial charge in [-0.15, -0.1) is 0 Å². The predicted octanol–water partition coefficient (Wildman–Crippen LogP) is -1.09. The minimum absolute atomic E-state index is 0.402. The van der Waals surface area contributed by atoms with E-state index >= 15 is 0 Å². The van der Waals surface area contributed by atoms with Crippen molar-refractivity contribution < 1.29 is 0 Å². The Kier molecular flexibility index (Phi) is 2.38. The Labute approximate surface area is 63.9 Å². The van der Waals surface area contributed by atoms with E-state index in [4.69, 9.17) is 0 Å². The number of likely N-dealkylation sites (N-methyl/N-ethyl adjacent to an activating group) is 1. The van der Waals surface area contributed by atoms with Crippen molar-refractivity contribution in [3.8, 4) is 0 Å². The Morgan fingerprint density at radius 2 is 2.09 bits per heavy atom. The van der Waals surface area contributed by atoms with Crippen molar-refractivity contribution in [3.63, 3.8) is 0 Å². The summed E-state index contributed by atoms with van der Waals surface area (Å²) >= 11 is 0. The van der Waals surface area contributed by atoms with E-state index in [-0.39, 0.29) is 0 Å². The molecule has 0 unspecified atom stereocenters. The first-order valence-corrected chi connectivity index (χ1v) is 3.44. The van der Waals surface area contributed by atoms with E-state index in [2.05, 4.69) is 10.6 Å². The maximum atomic E-state index is 10.7. The van der Waals surface area contributed by atoms with Crippen LogP contribution in [0.4, 0.5) is 5.69 Å². The van der Waals surface area contributed by atoms with Gasteiger partial charge in [0.25, 0.3) is 0 Å². The number of anilines is 1. The minimum atomic E-state index is -0.406. The summed E-state index contributed by atoms with van der Waals surface area (Å²) < 4.78 is 0. The van der Waals surface area contributed by atoms with Crippen LogP contribution in [0, 0.1) is 0 Å². The highest BCUT2D eigenvalue weighted by Crippen LogP contribution is 1.92. The fraction of sp³-hybridized carbons (Fsp3) is 0.429. The zero-order valence-electron chi connectivity index (χ0n) is 6.31. The summed E-state index contributed by atoms with van der Waals surface area (Å²) in [5, 5.41) is 5.74. The molecule has 0 spiro atoms. The van der Waals surface area contributed by atoms with Gasteiger partial charge in [0, 0.05) is 19.2 Å². The van der Waals surface area contributed by atoms with Crippen LogP contribution in [-0.4, -0.2) is 20.1 Å². The number of hydrogen-bond donors (Lipinski definition) is 2. The molecule has 1 rings (SSSR count). The molecule has 1 aromatic rings. The number of nitrogens with one attached hydrogen (secondary N) is 2. The average Bonchev–Trinajstić information content (AvgIpc) is 2.03. The normalized spacial score (nSPS) is 10.3. The van der Waals surface area contributed by atoms with Crippen LogP contribution in [0.25, 0.3) is 0 Å². The Bertz CT molecular complexity index is 299. The molecule has 0 aliphatic heterocycles. The summed E-state index contributed by atoms with van der Waals surface area (Å²) in [5.41, 5.74) is -0.372. The largest absolute Gasteiger partial charge is 0.380 e. The first kappa shape index (κ1) is 7.94. The molecule has 0 saturated heterocycles. The SMILES string of the molecule is CNCCNc1cc(=O)c1=O. The maximum Gasteiger partial charge on any atom is 0.248 e. The van der Waals surface area contributed by atoms with E-state index in [0.29, 0.717) is 12.2 Å². The van der Waals surface area contributed by atoms with Crippen LogP contribution in [0.5, 0.6) is 0 Å². The zero-order valence-corrected chi connectivity index (χ0v) is 6.31. The van der Waals surface area contributed by atoms with Crippen molar-refractivity contribution in [1.29, 1.82) is 0 Å². The molecule has 0 aliphatic rings. The molecular formula is C7H10N2O2. The maximum absolute atomic E-state index is 10.7. The smallest absolute Gasteiger partial charge is 0.248 e. The van der Waals surface area contributed by atoms with Gasteiger partial charge < -0.3 is 10.6 Å². The molecule has 0 aromatic heterocycles. The van der Waals surface area contributed by atoms with E-state index in [9.17, 15) is 9.59 Å². The molecule has 0 radical (unpaired) electrons. The quantitative estimate of drug-likeness (QED) is 0.427. The molecule has 60 valence electrons. The zero-order chi connectivity index (χ0) is 8.27. The lowest BCUT2D eigenvalue weighted by Gasteiger charge is -2.04. The van der Waals surface area contributed by atoms with Crippen molar-refractivity contribution >= 4 is 5.69 Å². The summed E-state index contributed by atoms with van der Waals surface area (Å²) in [5.74, 6) is 0. The van der Waals surface area contributed by atoms with Crippen molar-refractivity contribution in [3.05, 3.63) is 26.5 Å². The van der Waals surface area contributed by atoms with Gasteiger partial charge in [0.05, 0.1) is 5.69 Å². The lowest BCUT2D eigenvalue weighted by atomic mass is 10.2. The van der Waals surface area contributed by atoms with E-state index in [0.717, 1.165) is 6.54 Å². The molecule has 2 N–H and O–H groups in total. The molecule has 0 bridgehead atoms. The van der Waals surface area contributed by atoms with E-state index < -0.39 is 10.9 Å². The van der Waals surface area contributed by atoms with E-state index in [1.165, 1.54) is 6.07 Å². The highest BCUT2D eigenvalue weighted by molar-refractivity contribution is 5.46. The molecule has 1 aromatic carbocycles. The second-order valence-corrected chi connectivity index (χ2v) is 2.28. The lowest BCUT2D eigenvalue weighted by molar-refractivity contribution is 0.822. The van der Waals surface area contributed by atoms with Crippen molar-refractivity contribution in [2.75, 3.05) is 25.5 Å². The standard InChI is InChI=1S/C7H10N2O2/c1-8-2-3-9-5-4-6(10)7(5)11/h4,8-9H,2-3H2,1H3. The van der Waals surface area contributed by atoms with Crippen molar-refractivity contribution in [2.24, 2.45) is 0 Å². The van der Waals surface area contributed by atoms with E-state index in [1.54, 1.807) is 0 Å². The molecule has 11 heavy (non-hydrogen) atoms. The molecule has 0 aliphatic carbocycles. The fourth-order valence-corrected chi connectivity index (χ4v) is 0.771. The van der Waals surface area contributed by atoms with E-state index in [1.807, 2.05) is 7.05 Å². The summed E-state index contributed by atoms with van der Waals surface area (Å²) in [7, 11) is 1.82. The van der Waals surface area contributed by atoms with Gasteiger partial charge in [-0.25, -0.2) is 0 Å². The van der Waals surface area contributed by atoms with Crippen LogP contribution >= 0.6 is 0 Å². The molecule has 0 heterocycles. The molecule has 0 atom stereocenters. The summed E-state index contributed by atoms with van der Waals surface area (Å²) in [4.78, 5) is 21.0. The monoisotopic (exact) mass is 154 g/mol. The van der Waals surface area contributed by atoms with Gasteiger partial charge in [0.15, 0.2) is 0 Å². The Morgan fingerprint density at radius 1 is 1.36 bits per heavy atom. The van der Waals surface area contributed by atoms with Gasteiger partial charge >= 0.3 is 0 Å². The average molecular weight is 154 g/mol. The summed E-state index contributed by atoms with van der Waals surface area (Å²) in [6.45, 7) is 1.44. The van der Waals surface area contributed by atoms with Crippen LogP contribution in [0.3, 0.4) is 0 Å². The van der Waals surface area contributed by atoms with Crippen molar-refractivity contribution in [1.82, 2.24) is 5.32 Å². The summed E-state index contributed by atoms with van der Waals surface area (Å²) in [6, 6.07) is 1.32. The molecule has 0 fully saturated rings. The molecule has 4 nitrogen and oxygen atoms in total. The molecule has 0 saturated carbocycles. The Balaban J connectivity index is 2.37. The molecule has 4 heteroatoms. The van der Waals surface area contributed by atoms with Crippen molar-refractivity contribution in [2.45, 2.75) is 0 Å². The van der Waals surface area contributed by atoms with Crippen LogP contribution in [0.1, 0.15) is 0 Å². The van der Waals surface area contributed by atoms with Gasteiger partial charge in [0.2, 0.25) is 10.9 Å². The third-order valence-corrected chi connectivity index (χ3v) is 1.43. The van der Waals surface area contributed by atoms with Gasteiger partial charge in [-0.2, -0.15) is 0 Å². The second-order valence-electron chi connectivity index (χ2n) is 2.28. The van der Waals surface area contributed by atoms with Crippen LogP contribution in [0.15, 0.2) is 15.7 Å². The van der Waals surface area contributed by atoms with Gasteiger partial charge in [-0.3, -0.25) is 9.59 Å². The third-order valence-electron chi connectivity index (χ3n) is 1.43. The highest BCUT2D eigenvalue weighted by Gasteiger charge is 2.06. The van der Waals surface area contributed by atoms with Gasteiger partial charge in [-0.1, -0.05) is 0 Å². The van der Waals surface area contributed by atoms with Crippen LogP contribution < -0.4 is 21.5 Å². The topological polar surface area (TPSA) is 58.2 Å². The van der Waals surface area contributed by atoms with Gasteiger partial charge in [-0.05, 0) is 7.05 Å². The molecule has 0 amide bonds. The fourth-order valence-electron chi connectivity index (χ4n) is 0.771. The molecular weight excluding hydrogens is 144 g/mol. The van der Waals surface area contributed by atoms with Crippen LogP contribution in [-0.2, 0) is 0 Å². The van der Waals surface area contributed by atoms with Crippen LogP contribution in [0.2, 0.25) is 0 Å². The van der Waals surface area contributed by atoms with Gasteiger partial charge in [0.1, 0.15) is 0 Å². The second kappa shape index (κ2) is 3.30. The Hall–Kier alpha value is -1.16. The summed E-state index contributed by atoms with van der Waals surface area (Å²) in [6.07, 6.45) is 0. The highest BCUT2D eigenvalue weighted by atomic mass is 16.2. The predicted molar refractivity (Wildman–Crippen MR) is 43.8 cm³/mol. The first-order chi connectivity index (χ1) is 5.25. The lowest BCUT2D eigenvalue weighted by Crippen LogP contribution is -2.33. The number of rotatable bonds is 4. The minimum Gasteiger partial charge on any atom is -0.380 e. The first-order valence-electron chi connectivity index (χ1n) is 3.44. The number of hydrogen-bond acceptors (Lipinski definition) is 4. The third kappa shape index (κ3) is 1.65.